The van der Waals surface area contributed by atoms with Crippen molar-refractivity contribution in [1.29, 1.82) is 0 Å². The predicted molar refractivity (Wildman–Crippen MR) is 104 cm³/mol. The number of rotatable bonds is 10. The van der Waals surface area contributed by atoms with E-state index in [1.807, 2.05) is 11.9 Å². The highest BCUT2D eigenvalue weighted by molar-refractivity contribution is 7.36. The van der Waals surface area contributed by atoms with Gasteiger partial charge in [0.1, 0.15) is 18.2 Å². The maximum Gasteiger partial charge on any atom is 0.330 e. The highest BCUT2D eigenvalue weighted by Gasteiger charge is 2.55. The third-order valence-electron chi connectivity index (χ3n) is 4.63. The van der Waals surface area contributed by atoms with E-state index in [-0.39, 0.29) is 6.61 Å². The van der Waals surface area contributed by atoms with Gasteiger partial charge in [0.2, 0.25) is 0 Å². The van der Waals surface area contributed by atoms with E-state index in [1.54, 1.807) is 6.92 Å². The predicted octanol–water partition coefficient (Wildman–Crippen LogP) is 0.251. The molecule has 6 atom stereocenters. The SMILES string of the molecule is CCCOC(=O)[C@H](CC)N[PH](=O)OC[C@H]1O[C@@H](n2ccc(=O)[nH]c2=O)[C@](C)(F)[C@@H]1O. The molecule has 1 saturated heterocycles. The van der Waals surface area contributed by atoms with Gasteiger partial charge in [-0.3, -0.25) is 23.7 Å². The minimum absolute atomic E-state index is 0.238. The Labute approximate surface area is 172 Å². The minimum atomic E-state index is -2.94. The van der Waals surface area contributed by atoms with Crippen LogP contribution in [0.15, 0.2) is 21.9 Å². The van der Waals surface area contributed by atoms with Crippen molar-refractivity contribution < 1.29 is 32.9 Å². The average Bonchev–Trinajstić information content (AvgIpc) is 2.92. The first-order valence-corrected chi connectivity index (χ1v) is 10.9. The molecule has 2 heterocycles. The number of hydrogen-bond acceptors (Lipinski definition) is 8. The number of aromatic nitrogens is 2. The van der Waals surface area contributed by atoms with Crippen LogP contribution in [-0.4, -0.2) is 57.8 Å². The van der Waals surface area contributed by atoms with Gasteiger partial charge in [-0.25, -0.2) is 14.3 Å². The summed E-state index contributed by atoms with van der Waals surface area (Å²) >= 11 is 0. The van der Waals surface area contributed by atoms with Crippen LogP contribution in [0.4, 0.5) is 4.39 Å². The van der Waals surface area contributed by atoms with E-state index in [4.69, 9.17) is 14.0 Å². The van der Waals surface area contributed by atoms with Crippen molar-refractivity contribution in [1.82, 2.24) is 14.6 Å². The van der Waals surface area contributed by atoms with E-state index in [9.17, 15) is 24.1 Å². The Bertz CT molecular complexity index is 873. The van der Waals surface area contributed by atoms with Crippen LogP contribution in [0.5, 0.6) is 0 Å². The van der Waals surface area contributed by atoms with Gasteiger partial charge in [0, 0.05) is 12.3 Å². The molecule has 1 unspecified atom stereocenters. The summed E-state index contributed by atoms with van der Waals surface area (Å²) in [5.74, 6) is -0.563. The molecule has 0 aliphatic carbocycles. The van der Waals surface area contributed by atoms with Crippen molar-refractivity contribution in [2.45, 2.75) is 63.8 Å². The van der Waals surface area contributed by atoms with Crippen molar-refractivity contribution in [2.24, 2.45) is 0 Å². The van der Waals surface area contributed by atoms with Crippen LogP contribution < -0.4 is 16.3 Å². The summed E-state index contributed by atoms with van der Waals surface area (Å²) in [6.45, 7) is 4.36. The normalized spacial score (nSPS) is 28.2. The van der Waals surface area contributed by atoms with E-state index in [2.05, 4.69) is 5.09 Å². The highest BCUT2D eigenvalue weighted by Crippen LogP contribution is 2.41. The lowest BCUT2D eigenvalue weighted by Gasteiger charge is -2.24. The quantitative estimate of drug-likeness (QED) is 0.336. The van der Waals surface area contributed by atoms with Crippen LogP contribution in [0.1, 0.15) is 39.8 Å². The van der Waals surface area contributed by atoms with Gasteiger partial charge in [-0.2, -0.15) is 0 Å². The smallest absolute Gasteiger partial charge is 0.330 e. The third-order valence-corrected chi connectivity index (χ3v) is 5.65. The molecule has 13 heteroatoms. The minimum Gasteiger partial charge on any atom is -0.465 e. The average molecular weight is 451 g/mol. The lowest BCUT2D eigenvalue weighted by atomic mass is 9.98. The molecule has 0 spiro atoms. The molecular weight excluding hydrogens is 424 g/mol. The summed E-state index contributed by atoms with van der Waals surface area (Å²) in [5.41, 5.74) is -3.96. The van der Waals surface area contributed by atoms with Crippen LogP contribution >= 0.6 is 8.18 Å². The van der Waals surface area contributed by atoms with Gasteiger partial charge in [-0.1, -0.05) is 13.8 Å². The molecule has 1 aromatic heterocycles. The van der Waals surface area contributed by atoms with E-state index in [0.29, 0.717) is 12.8 Å². The number of H-pyrrole nitrogens is 1. The number of ether oxygens (including phenoxy) is 2. The first-order chi connectivity index (χ1) is 14.1. The monoisotopic (exact) mass is 451 g/mol. The molecule has 0 radical (unpaired) electrons. The van der Waals surface area contributed by atoms with Crippen LogP contribution in [0.3, 0.4) is 0 Å². The molecule has 0 saturated carbocycles. The number of nitrogens with zero attached hydrogens (tertiary/aromatic N) is 1. The Morgan fingerprint density at radius 2 is 2.20 bits per heavy atom. The van der Waals surface area contributed by atoms with Crippen molar-refractivity contribution >= 4 is 14.1 Å². The zero-order valence-corrected chi connectivity index (χ0v) is 17.9. The molecule has 1 aliphatic heterocycles. The van der Waals surface area contributed by atoms with Gasteiger partial charge >= 0.3 is 11.7 Å². The fourth-order valence-electron chi connectivity index (χ4n) is 2.94. The first kappa shape index (κ1) is 24.4. The fraction of sp³-hybridized carbons (Fsp3) is 0.706. The number of esters is 1. The van der Waals surface area contributed by atoms with E-state index < -0.39 is 62.2 Å². The number of hydrogen-bond donors (Lipinski definition) is 3. The standard InChI is InChI=1S/C17H27FN3O8P/c1-4-8-27-14(24)10(5-2)20-30(26)28-9-11-13(23)17(3,18)15(29-11)21-7-6-12(22)19-16(21)25/h6-7,10-11,13,15,23,30H,4-5,8-9H2,1-3H3,(H,20,26)(H,19,22,25)/t10-,11+,13+,15+,17+/m0/s1. The maximum atomic E-state index is 15.1. The van der Waals surface area contributed by atoms with Gasteiger partial charge in [-0.15, -0.1) is 0 Å². The van der Waals surface area contributed by atoms with Gasteiger partial charge < -0.3 is 19.1 Å². The second-order valence-corrected chi connectivity index (χ2v) is 8.16. The number of aliphatic hydroxyl groups excluding tert-OH is 1. The molecule has 2 rings (SSSR count). The highest BCUT2D eigenvalue weighted by atomic mass is 31.1. The molecule has 0 aromatic carbocycles. The van der Waals surface area contributed by atoms with Gasteiger partial charge in [0.15, 0.2) is 11.9 Å². The summed E-state index contributed by atoms with van der Waals surface area (Å²) in [5, 5.41) is 12.8. The summed E-state index contributed by atoms with van der Waals surface area (Å²) in [6.07, 6.45) is -2.47. The number of halogens is 1. The van der Waals surface area contributed by atoms with Crippen LogP contribution in [0, 0.1) is 0 Å². The zero-order valence-electron chi connectivity index (χ0n) is 16.9. The molecule has 11 nitrogen and oxygen atoms in total. The Morgan fingerprint density at radius 3 is 2.80 bits per heavy atom. The molecule has 0 bridgehead atoms. The van der Waals surface area contributed by atoms with Crippen LogP contribution in [0.25, 0.3) is 0 Å². The van der Waals surface area contributed by atoms with Gasteiger partial charge in [0.05, 0.1) is 13.2 Å². The zero-order chi connectivity index (χ0) is 22.5. The van der Waals surface area contributed by atoms with Crippen LogP contribution in [-0.2, 0) is 23.4 Å². The number of nitrogens with one attached hydrogen (secondary N) is 2. The molecular formula is C17H27FN3O8P. The summed E-state index contributed by atoms with van der Waals surface area (Å²) < 4.78 is 43.6. The lowest BCUT2D eigenvalue weighted by molar-refractivity contribution is -0.145. The van der Waals surface area contributed by atoms with Gasteiger partial charge in [0.25, 0.3) is 13.7 Å². The van der Waals surface area contributed by atoms with Crippen LogP contribution in [0.2, 0.25) is 0 Å². The number of aliphatic hydroxyl groups is 1. The van der Waals surface area contributed by atoms with Crippen molar-refractivity contribution in [3.8, 4) is 0 Å². The topological polar surface area (TPSA) is 149 Å². The molecule has 0 amide bonds. The van der Waals surface area contributed by atoms with Crippen molar-refractivity contribution in [3.63, 3.8) is 0 Å². The number of aromatic amines is 1. The second kappa shape index (κ2) is 10.5. The lowest BCUT2D eigenvalue weighted by Crippen LogP contribution is -2.43. The molecule has 3 N–H and O–H groups in total. The van der Waals surface area contributed by atoms with E-state index in [1.165, 1.54) is 0 Å². The Morgan fingerprint density at radius 1 is 1.50 bits per heavy atom. The van der Waals surface area contributed by atoms with Crippen molar-refractivity contribution in [3.05, 3.63) is 33.1 Å². The number of carbonyl (C=O) groups is 1. The second-order valence-electron chi connectivity index (χ2n) is 7.01. The Hall–Kier alpha value is -1.85. The summed E-state index contributed by atoms with van der Waals surface area (Å²) in [6, 6.07) is 0.179. The largest absolute Gasteiger partial charge is 0.465 e. The molecule has 170 valence electrons. The molecule has 1 aromatic rings. The van der Waals surface area contributed by atoms with Crippen molar-refractivity contribution in [2.75, 3.05) is 13.2 Å². The molecule has 1 aliphatic rings. The third kappa shape index (κ3) is 5.64. The van der Waals surface area contributed by atoms with Gasteiger partial charge in [-0.05, 0) is 19.8 Å². The Balaban J connectivity index is 2.00. The van der Waals surface area contributed by atoms with E-state index >= 15 is 4.39 Å². The first-order valence-electron chi connectivity index (χ1n) is 9.55. The number of carbonyl (C=O) groups excluding carboxylic acids is 1. The summed E-state index contributed by atoms with van der Waals surface area (Å²) in [4.78, 5) is 37.0. The maximum absolute atomic E-state index is 15.1. The molecule has 1 fully saturated rings. The molecule has 30 heavy (non-hydrogen) atoms. The fourth-order valence-corrected chi connectivity index (χ4v) is 3.94. The summed E-state index contributed by atoms with van der Waals surface area (Å²) in [7, 11) is -2.94. The Kier molecular flexibility index (Phi) is 8.51. The number of alkyl halides is 1. The van der Waals surface area contributed by atoms with E-state index in [0.717, 1.165) is 23.8 Å².